The Hall–Kier alpha value is -0.710. The molecule has 1 fully saturated rings. The molecule has 1 heterocycles. The number of hydrogen-bond acceptors (Lipinski definition) is 3. The molecule has 1 aromatic carbocycles. The van der Waals surface area contributed by atoms with Crippen LogP contribution >= 0.6 is 23.4 Å². The molecule has 1 aromatic rings. The minimum absolute atomic E-state index is 0.0944. The van der Waals surface area contributed by atoms with Gasteiger partial charge >= 0.3 is 0 Å². The number of thioether (sulfide) groups is 1. The van der Waals surface area contributed by atoms with E-state index in [2.05, 4.69) is 5.32 Å². The zero-order chi connectivity index (χ0) is 13.5. The quantitative estimate of drug-likeness (QED) is 0.820. The lowest BCUT2D eigenvalue weighted by atomic mass is 10.2. The number of hydrogen-bond donors (Lipinski definition) is 1. The number of halogens is 1. The monoisotopic (exact) mass is 299 g/mol. The summed E-state index contributed by atoms with van der Waals surface area (Å²) in [6, 6.07) is 7.66. The van der Waals surface area contributed by atoms with Crippen molar-refractivity contribution in [3.05, 3.63) is 29.3 Å². The van der Waals surface area contributed by atoms with Gasteiger partial charge in [-0.15, -0.1) is 11.8 Å². The van der Waals surface area contributed by atoms with E-state index in [-0.39, 0.29) is 12.0 Å². The molecule has 0 aromatic heterocycles. The van der Waals surface area contributed by atoms with Gasteiger partial charge in [-0.3, -0.25) is 4.79 Å². The predicted octanol–water partition coefficient (Wildman–Crippen LogP) is 3.12. The highest BCUT2D eigenvalue weighted by Gasteiger charge is 2.15. The van der Waals surface area contributed by atoms with E-state index in [4.69, 9.17) is 16.3 Å². The van der Waals surface area contributed by atoms with Crippen LogP contribution in [0.25, 0.3) is 0 Å². The molecular formula is C14H18ClNO2S. The molecule has 104 valence electrons. The Kier molecular flexibility index (Phi) is 6.01. The SMILES string of the molecule is O=C(CCSc1ccc(Cl)cc1)NCC1CCCO1. The maximum Gasteiger partial charge on any atom is 0.220 e. The van der Waals surface area contributed by atoms with Crippen LogP contribution in [0.1, 0.15) is 19.3 Å². The van der Waals surface area contributed by atoms with Crippen LogP contribution in [0.4, 0.5) is 0 Å². The molecule has 1 unspecified atom stereocenters. The first-order valence-corrected chi connectivity index (χ1v) is 7.87. The van der Waals surface area contributed by atoms with Crippen molar-refractivity contribution < 1.29 is 9.53 Å². The van der Waals surface area contributed by atoms with E-state index in [1.54, 1.807) is 11.8 Å². The predicted molar refractivity (Wildman–Crippen MR) is 78.8 cm³/mol. The normalized spacial score (nSPS) is 18.5. The molecule has 0 aliphatic carbocycles. The van der Waals surface area contributed by atoms with Gasteiger partial charge in [0.2, 0.25) is 5.91 Å². The Morgan fingerprint density at radius 3 is 2.89 bits per heavy atom. The Labute approximate surface area is 123 Å². The number of ether oxygens (including phenoxy) is 1. The molecule has 0 saturated carbocycles. The summed E-state index contributed by atoms with van der Waals surface area (Å²) in [6.45, 7) is 1.47. The molecule has 2 rings (SSSR count). The van der Waals surface area contributed by atoms with E-state index in [1.807, 2.05) is 24.3 Å². The summed E-state index contributed by atoms with van der Waals surface area (Å²) in [7, 11) is 0. The summed E-state index contributed by atoms with van der Waals surface area (Å²) in [5, 5.41) is 3.66. The highest BCUT2D eigenvalue weighted by atomic mass is 35.5. The number of carbonyl (C=O) groups is 1. The topological polar surface area (TPSA) is 38.3 Å². The van der Waals surface area contributed by atoms with Gasteiger partial charge in [-0.25, -0.2) is 0 Å². The van der Waals surface area contributed by atoms with Gasteiger partial charge in [-0.1, -0.05) is 11.6 Å². The molecule has 1 atom stereocenters. The Bertz CT molecular complexity index is 404. The maximum absolute atomic E-state index is 11.6. The van der Waals surface area contributed by atoms with Crippen LogP contribution in [0.5, 0.6) is 0 Å². The highest BCUT2D eigenvalue weighted by Crippen LogP contribution is 2.20. The van der Waals surface area contributed by atoms with Crippen molar-refractivity contribution in [2.75, 3.05) is 18.9 Å². The van der Waals surface area contributed by atoms with Gasteiger partial charge < -0.3 is 10.1 Å². The van der Waals surface area contributed by atoms with Gasteiger partial charge in [0, 0.05) is 35.2 Å². The van der Waals surface area contributed by atoms with Crippen LogP contribution in [0, 0.1) is 0 Å². The fourth-order valence-electron chi connectivity index (χ4n) is 1.91. The Morgan fingerprint density at radius 2 is 2.21 bits per heavy atom. The van der Waals surface area contributed by atoms with Gasteiger partial charge in [0.1, 0.15) is 0 Å². The van der Waals surface area contributed by atoms with E-state index in [1.165, 1.54) is 0 Å². The first-order chi connectivity index (χ1) is 9.24. The molecule has 1 saturated heterocycles. The molecule has 0 bridgehead atoms. The molecule has 19 heavy (non-hydrogen) atoms. The molecule has 1 aliphatic heterocycles. The molecule has 3 nitrogen and oxygen atoms in total. The summed E-state index contributed by atoms with van der Waals surface area (Å²) >= 11 is 7.48. The third kappa shape index (κ3) is 5.43. The average molecular weight is 300 g/mol. The van der Waals surface area contributed by atoms with Crippen molar-refractivity contribution in [2.45, 2.75) is 30.3 Å². The van der Waals surface area contributed by atoms with Gasteiger partial charge in [0.05, 0.1) is 6.10 Å². The lowest BCUT2D eigenvalue weighted by molar-refractivity contribution is -0.121. The summed E-state index contributed by atoms with van der Waals surface area (Å²) < 4.78 is 5.46. The van der Waals surface area contributed by atoms with E-state index in [0.717, 1.165) is 35.1 Å². The zero-order valence-electron chi connectivity index (χ0n) is 10.7. The van der Waals surface area contributed by atoms with E-state index in [9.17, 15) is 4.79 Å². The largest absolute Gasteiger partial charge is 0.376 e. The van der Waals surface area contributed by atoms with Gasteiger partial charge in [-0.2, -0.15) is 0 Å². The third-order valence-electron chi connectivity index (χ3n) is 2.96. The van der Waals surface area contributed by atoms with Crippen LogP contribution in [0.2, 0.25) is 5.02 Å². The fourth-order valence-corrected chi connectivity index (χ4v) is 2.89. The van der Waals surface area contributed by atoms with Crippen molar-refractivity contribution in [2.24, 2.45) is 0 Å². The van der Waals surface area contributed by atoms with Gasteiger partial charge in [-0.05, 0) is 37.1 Å². The number of amides is 1. The van der Waals surface area contributed by atoms with Crippen LogP contribution in [0.3, 0.4) is 0 Å². The second-order valence-corrected chi connectivity index (χ2v) is 6.10. The van der Waals surface area contributed by atoms with Gasteiger partial charge in [0.25, 0.3) is 0 Å². The Morgan fingerprint density at radius 1 is 1.42 bits per heavy atom. The van der Waals surface area contributed by atoms with Crippen LogP contribution in [0.15, 0.2) is 29.2 Å². The molecule has 1 amide bonds. The second-order valence-electron chi connectivity index (χ2n) is 4.49. The maximum atomic E-state index is 11.6. The number of rotatable bonds is 6. The highest BCUT2D eigenvalue weighted by molar-refractivity contribution is 7.99. The van der Waals surface area contributed by atoms with Crippen molar-refractivity contribution in [1.29, 1.82) is 0 Å². The number of benzene rings is 1. The van der Waals surface area contributed by atoms with E-state index < -0.39 is 0 Å². The second kappa shape index (κ2) is 7.78. The van der Waals surface area contributed by atoms with Crippen molar-refractivity contribution in [3.8, 4) is 0 Å². The lowest BCUT2D eigenvalue weighted by Crippen LogP contribution is -2.31. The van der Waals surface area contributed by atoms with Crippen molar-refractivity contribution in [3.63, 3.8) is 0 Å². The molecule has 0 radical (unpaired) electrons. The summed E-state index contributed by atoms with van der Waals surface area (Å²) in [5.41, 5.74) is 0. The Balaban J connectivity index is 1.59. The van der Waals surface area contributed by atoms with Crippen molar-refractivity contribution in [1.82, 2.24) is 5.32 Å². The fraction of sp³-hybridized carbons (Fsp3) is 0.500. The van der Waals surface area contributed by atoms with E-state index in [0.29, 0.717) is 13.0 Å². The molecule has 1 N–H and O–H groups in total. The molecule has 5 heteroatoms. The standard InChI is InChI=1S/C14H18ClNO2S/c15-11-3-5-13(6-4-11)19-9-7-14(17)16-10-12-2-1-8-18-12/h3-6,12H,1-2,7-10H2,(H,16,17). The number of carbonyl (C=O) groups excluding carboxylic acids is 1. The molecule has 0 spiro atoms. The third-order valence-corrected chi connectivity index (χ3v) is 4.23. The first kappa shape index (κ1) is 14.7. The molecular weight excluding hydrogens is 282 g/mol. The van der Waals surface area contributed by atoms with E-state index >= 15 is 0 Å². The first-order valence-electron chi connectivity index (χ1n) is 6.51. The number of nitrogens with one attached hydrogen (secondary N) is 1. The smallest absolute Gasteiger partial charge is 0.220 e. The summed E-state index contributed by atoms with van der Waals surface area (Å²) in [4.78, 5) is 12.8. The lowest BCUT2D eigenvalue weighted by Gasteiger charge is -2.10. The summed E-state index contributed by atoms with van der Waals surface area (Å²) in [5.74, 6) is 0.871. The van der Waals surface area contributed by atoms with Crippen LogP contribution < -0.4 is 5.32 Å². The minimum Gasteiger partial charge on any atom is -0.376 e. The summed E-state index contributed by atoms with van der Waals surface area (Å²) in [6.07, 6.45) is 2.90. The van der Waals surface area contributed by atoms with Crippen LogP contribution in [-0.4, -0.2) is 30.9 Å². The minimum atomic E-state index is 0.0944. The van der Waals surface area contributed by atoms with Gasteiger partial charge in [0.15, 0.2) is 0 Å². The zero-order valence-corrected chi connectivity index (χ0v) is 12.3. The molecule has 1 aliphatic rings. The van der Waals surface area contributed by atoms with Crippen LogP contribution in [-0.2, 0) is 9.53 Å². The van der Waals surface area contributed by atoms with Crippen molar-refractivity contribution >= 4 is 29.3 Å². The average Bonchev–Trinajstić information content (AvgIpc) is 2.92.